The van der Waals surface area contributed by atoms with Crippen molar-refractivity contribution < 1.29 is 9.53 Å². The fourth-order valence-electron chi connectivity index (χ4n) is 3.11. The van der Waals surface area contributed by atoms with Gasteiger partial charge in [-0.05, 0) is 38.1 Å². The number of aryl methyl sites for hydroxylation is 2. The minimum Gasteiger partial charge on any atom is -0.493 e. The maximum Gasteiger partial charge on any atom is 0.251 e. The van der Waals surface area contributed by atoms with Gasteiger partial charge in [0.15, 0.2) is 0 Å². The van der Waals surface area contributed by atoms with Crippen molar-refractivity contribution in [3.63, 3.8) is 0 Å². The molecule has 0 saturated carbocycles. The van der Waals surface area contributed by atoms with Crippen LogP contribution in [0.3, 0.4) is 0 Å². The average molecular weight is 333 g/mol. The normalized spacial score (nSPS) is 16.2. The molecule has 1 aliphatic heterocycles. The summed E-state index contributed by atoms with van der Waals surface area (Å²) in [5.41, 5.74) is 4.94. The first-order chi connectivity index (χ1) is 12.1. The minimum atomic E-state index is -0.108. The Morgan fingerprint density at radius 1 is 1.08 bits per heavy atom. The molecule has 0 fully saturated rings. The largest absolute Gasteiger partial charge is 0.493 e. The van der Waals surface area contributed by atoms with Crippen LogP contribution in [0.4, 0.5) is 0 Å². The lowest BCUT2D eigenvalue weighted by Gasteiger charge is -2.26. The monoisotopic (exact) mass is 333 g/mol. The van der Waals surface area contributed by atoms with Crippen LogP contribution in [0.2, 0.25) is 0 Å². The summed E-state index contributed by atoms with van der Waals surface area (Å²) in [7, 11) is 0. The summed E-state index contributed by atoms with van der Waals surface area (Å²) in [5.74, 6) is 0.734. The third kappa shape index (κ3) is 2.93. The molecule has 5 heteroatoms. The topological polar surface area (TPSA) is 64.1 Å². The van der Waals surface area contributed by atoms with E-state index in [-0.39, 0.29) is 11.9 Å². The van der Waals surface area contributed by atoms with Crippen LogP contribution in [0.25, 0.3) is 11.0 Å². The second-order valence-electron chi connectivity index (χ2n) is 6.30. The molecule has 4 rings (SSSR count). The molecule has 3 aromatic rings. The lowest BCUT2D eigenvalue weighted by molar-refractivity contribution is 0.0925. The van der Waals surface area contributed by atoms with Crippen molar-refractivity contribution in [2.75, 3.05) is 6.61 Å². The van der Waals surface area contributed by atoms with E-state index in [0.29, 0.717) is 12.2 Å². The highest BCUT2D eigenvalue weighted by atomic mass is 16.5. The van der Waals surface area contributed by atoms with Crippen molar-refractivity contribution in [1.82, 2.24) is 15.3 Å². The fourth-order valence-corrected chi connectivity index (χ4v) is 3.11. The molecule has 0 bridgehead atoms. The summed E-state index contributed by atoms with van der Waals surface area (Å²) in [6, 6.07) is 13.2. The number of nitrogens with one attached hydrogen (secondary N) is 1. The molecule has 0 spiro atoms. The molecule has 1 aromatic heterocycles. The van der Waals surface area contributed by atoms with Gasteiger partial charge in [0.2, 0.25) is 0 Å². The molecule has 126 valence electrons. The van der Waals surface area contributed by atoms with Gasteiger partial charge in [-0.25, -0.2) is 9.97 Å². The molecule has 1 amide bonds. The molecule has 0 unspecified atom stereocenters. The van der Waals surface area contributed by atoms with E-state index in [0.717, 1.165) is 40.2 Å². The number of hydrogen-bond donors (Lipinski definition) is 1. The highest BCUT2D eigenvalue weighted by molar-refractivity contribution is 5.97. The summed E-state index contributed by atoms with van der Waals surface area (Å²) in [5, 5.41) is 3.11. The van der Waals surface area contributed by atoms with Gasteiger partial charge in [0.25, 0.3) is 5.91 Å². The first kappa shape index (κ1) is 15.6. The van der Waals surface area contributed by atoms with Gasteiger partial charge in [-0.1, -0.05) is 18.2 Å². The van der Waals surface area contributed by atoms with Gasteiger partial charge in [0.1, 0.15) is 5.75 Å². The number of para-hydroxylation sites is 1. The first-order valence-electron chi connectivity index (χ1n) is 8.39. The van der Waals surface area contributed by atoms with E-state index in [1.165, 1.54) is 0 Å². The van der Waals surface area contributed by atoms with Crippen LogP contribution < -0.4 is 10.1 Å². The van der Waals surface area contributed by atoms with Gasteiger partial charge < -0.3 is 10.1 Å². The number of aromatic nitrogens is 2. The lowest BCUT2D eigenvalue weighted by Crippen LogP contribution is -2.32. The van der Waals surface area contributed by atoms with Crippen LogP contribution in [0.1, 0.15) is 39.8 Å². The Balaban J connectivity index is 1.62. The molecule has 5 nitrogen and oxygen atoms in total. The Morgan fingerprint density at radius 2 is 1.84 bits per heavy atom. The number of nitrogens with zero attached hydrogens (tertiary/aromatic N) is 2. The third-order valence-corrected chi connectivity index (χ3v) is 4.60. The molecule has 2 heterocycles. The number of carbonyl (C=O) groups is 1. The van der Waals surface area contributed by atoms with Crippen LogP contribution in [-0.2, 0) is 0 Å². The average Bonchev–Trinajstić information content (AvgIpc) is 2.62. The number of fused-ring (bicyclic) bond motifs is 2. The van der Waals surface area contributed by atoms with Gasteiger partial charge in [-0.3, -0.25) is 4.79 Å². The van der Waals surface area contributed by atoms with Gasteiger partial charge in [-0.2, -0.15) is 0 Å². The van der Waals surface area contributed by atoms with Crippen molar-refractivity contribution in [3.05, 3.63) is 65.0 Å². The maximum absolute atomic E-state index is 12.7. The zero-order chi connectivity index (χ0) is 17.4. The number of amides is 1. The van der Waals surface area contributed by atoms with Crippen LogP contribution in [-0.4, -0.2) is 22.5 Å². The Morgan fingerprint density at radius 3 is 2.68 bits per heavy atom. The highest BCUT2D eigenvalue weighted by Crippen LogP contribution is 2.31. The fraction of sp³-hybridized carbons (Fsp3) is 0.250. The molecule has 0 radical (unpaired) electrons. The Bertz CT molecular complexity index is 968. The molecule has 0 aliphatic carbocycles. The minimum absolute atomic E-state index is 0.0426. The van der Waals surface area contributed by atoms with E-state index in [1.807, 2.05) is 44.2 Å². The Kier molecular flexibility index (Phi) is 3.84. The molecule has 25 heavy (non-hydrogen) atoms. The second-order valence-corrected chi connectivity index (χ2v) is 6.30. The van der Waals surface area contributed by atoms with Crippen LogP contribution in [0.5, 0.6) is 5.75 Å². The van der Waals surface area contributed by atoms with E-state index < -0.39 is 0 Å². The highest BCUT2D eigenvalue weighted by Gasteiger charge is 2.23. The van der Waals surface area contributed by atoms with E-state index in [9.17, 15) is 4.79 Å². The number of ether oxygens (including phenoxy) is 1. The van der Waals surface area contributed by atoms with Crippen LogP contribution in [0, 0.1) is 13.8 Å². The van der Waals surface area contributed by atoms with Gasteiger partial charge in [0.05, 0.1) is 35.1 Å². The lowest BCUT2D eigenvalue weighted by atomic mass is 10.00. The number of benzene rings is 2. The number of rotatable bonds is 2. The molecular weight excluding hydrogens is 314 g/mol. The Labute approximate surface area is 146 Å². The third-order valence-electron chi connectivity index (χ3n) is 4.60. The standard InChI is InChI=1S/C20H19N3O2/c1-12-13(2)22-18-11-14(7-8-17(18)21-12)20(24)23-16-9-10-25-19-6-4-3-5-15(16)19/h3-8,11,16H,9-10H2,1-2H3,(H,23,24)/t16-/m1/s1. The van der Waals surface area contributed by atoms with Gasteiger partial charge >= 0.3 is 0 Å². The second kappa shape index (κ2) is 6.16. The predicted octanol–water partition coefficient (Wildman–Crippen LogP) is 3.50. The summed E-state index contributed by atoms with van der Waals surface area (Å²) < 4.78 is 5.65. The summed E-state index contributed by atoms with van der Waals surface area (Å²) >= 11 is 0. The van der Waals surface area contributed by atoms with Crippen molar-refractivity contribution in [1.29, 1.82) is 0 Å². The SMILES string of the molecule is Cc1nc2ccc(C(=O)N[C@@H]3CCOc4ccccc43)cc2nc1C. The summed E-state index contributed by atoms with van der Waals surface area (Å²) in [6.45, 7) is 4.46. The van der Waals surface area contributed by atoms with Crippen molar-refractivity contribution in [2.24, 2.45) is 0 Å². The van der Waals surface area contributed by atoms with Crippen LogP contribution in [0.15, 0.2) is 42.5 Å². The van der Waals surface area contributed by atoms with E-state index >= 15 is 0 Å². The van der Waals surface area contributed by atoms with Crippen molar-refractivity contribution in [3.8, 4) is 5.75 Å². The molecule has 2 aromatic carbocycles. The van der Waals surface area contributed by atoms with Gasteiger partial charge in [0, 0.05) is 17.5 Å². The van der Waals surface area contributed by atoms with Gasteiger partial charge in [-0.15, -0.1) is 0 Å². The smallest absolute Gasteiger partial charge is 0.251 e. The van der Waals surface area contributed by atoms with E-state index in [2.05, 4.69) is 15.3 Å². The molecule has 1 aliphatic rings. The zero-order valence-electron chi connectivity index (χ0n) is 14.2. The van der Waals surface area contributed by atoms with Crippen molar-refractivity contribution in [2.45, 2.75) is 26.3 Å². The predicted molar refractivity (Wildman–Crippen MR) is 95.8 cm³/mol. The molecule has 1 atom stereocenters. The quantitative estimate of drug-likeness (QED) is 0.779. The number of hydrogen-bond acceptors (Lipinski definition) is 4. The molecular formula is C20H19N3O2. The summed E-state index contributed by atoms with van der Waals surface area (Å²) in [4.78, 5) is 21.8. The summed E-state index contributed by atoms with van der Waals surface area (Å²) in [6.07, 6.45) is 0.758. The maximum atomic E-state index is 12.7. The number of carbonyl (C=O) groups excluding carboxylic acids is 1. The van der Waals surface area contributed by atoms with E-state index in [4.69, 9.17) is 4.74 Å². The molecule has 0 saturated heterocycles. The Hall–Kier alpha value is -2.95. The van der Waals surface area contributed by atoms with E-state index in [1.54, 1.807) is 12.1 Å². The first-order valence-corrected chi connectivity index (χ1v) is 8.39. The zero-order valence-corrected chi connectivity index (χ0v) is 14.2. The van der Waals surface area contributed by atoms with Crippen molar-refractivity contribution >= 4 is 16.9 Å². The van der Waals surface area contributed by atoms with Crippen LogP contribution >= 0.6 is 0 Å². The molecule has 1 N–H and O–H groups in total.